The molecular formula is C22H23Cl2N. The molecule has 2 aromatic rings. The van der Waals surface area contributed by atoms with Crippen molar-refractivity contribution in [1.82, 2.24) is 0 Å². The summed E-state index contributed by atoms with van der Waals surface area (Å²) in [5.74, 6) is 0.877. The monoisotopic (exact) mass is 371 g/mol. The maximum absolute atomic E-state index is 6.50. The van der Waals surface area contributed by atoms with Crippen LogP contribution in [0, 0.1) is 5.92 Å². The molecule has 0 saturated heterocycles. The van der Waals surface area contributed by atoms with Gasteiger partial charge in [0.15, 0.2) is 0 Å². The second kappa shape index (κ2) is 6.07. The summed E-state index contributed by atoms with van der Waals surface area (Å²) >= 11 is 12.8. The van der Waals surface area contributed by atoms with E-state index in [1.165, 1.54) is 16.7 Å². The highest BCUT2D eigenvalue weighted by Gasteiger charge is 2.38. The number of nitrogens with one attached hydrogen (secondary N) is 1. The molecule has 3 heteroatoms. The van der Waals surface area contributed by atoms with Crippen molar-refractivity contribution >= 4 is 28.9 Å². The van der Waals surface area contributed by atoms with E-state index < -0.39 is 0 Å². The number of hydrogen-bond donors (Lipinski definition) is 1. The lowest BCUT2D eigenvalue weighted by molar-refractivity contribution is 0.425. The fourth-order valence-electron chi connectivity index (χ4n) is 4.14. The molecule has 0 spiro atoms. The van der Waals surface area contributed by atoms with E-state index in [0.29, 0.717) is 21.9 Å². The molecule has 0 radical (unpaired) electrons. The van der Waals surface area contributed by atoms with Crippen LogP contribution in [0.15, 0.2) is 48.6 Å². The van der Waals surface area contributed by atoms with E-state index in [2.05, 4.69) is 68.6 Å². The molecule has 0 aromatic heterocycles. The molecule has 0 unspecified atom stereocenters. The average molecular weight is 372 g/mol. The van der Waals surface area contributed by atoms with E-state index in [-0.39, 0.29) is 11.5 Å². The third-order valence-corrected chi connectivity index (χ3v) is 6.04. The van der Waals surface area contributed by atoms with Crippen LogP contribution in [-0.2, 0) is 5.41 Å². The molecule has 130 valence electrons. The number of halogens is 2. The fourth-order valence-corrected chi connectivity index (χ4v) is 4.71. The first-order chi connectivity index (χ1) is 11.8. The summed E-state index contributed by atoms with van der Waals surface area (Å²) in [6.07, 6.45) is 5.68. The molecule has 2 aliphatic rings. The minimum atomic E-state index is 0.169. The van der Waals surface area contributed by atoms with Crippen LogP contribution in [0.3, 0.4) is 0 Å². The van der Waals surface area contributed by atoms with Crippen LogP contribution in [0.25, 0.3) is 0 Å². The second-order valence-electron chi connectivity index (χ2n) is 8.20. The van der Waals surface area contributed by atoms with Gasteiger partial charge in [0.25, 0.3) is 0 Å². The Labute approximate surface area is 160 Å². The lowest BCUT2D eigenvalue weighted by Crippen LogP contribution is -2.29. The first-order valence-electron chi connectivity index (χ1n) is 8.87. The molecule has 0 saturated carbocycles. The quantitative estimate of drug-likeness (QED) is 0.526. The zero-order valence-corrected chi connectivity index (χ0v) is 16.3. The molecule has 0 amide bonds. The van der Waals surface area contributed by atoms with E-state index in [4.69, 9.17) is 23.2 Å². The van der Waals surface area contributed by atoms with Crippen LogP contribution in [0.1, 0.15) is 55.8 Å². The van der Waals surface area contributed by atoms with Gasteiger partial charge in [0.2, 0.25) is 0 Å². The Hall–Kier alpha value is -1.44. The second-order valence-corrected chi connectivity index (χ2v) is 9.04. The van der Waals surface area contributed by atoms with Gasteiger partial charge in [-0.05, 0) is 46.6 Å². The van der Waals surface area contributed by atoms with Crippen molar-refractivity contribution in [3.8, 4) is 0 Å². The Morgan fingerprint density at radius 1 is 1.04 bits per heavy atom. The predicted molar refractivity (Wildman–Crippen MR) is 108 cm³/mol. The van der Waals surface area contributed by atoms with Gasteiger partial charge in [-0.3, -0.25) is 0 Å². The van der Waals surface area contributed by atoms with Crippen molar-refractivity contribution in [3.05, 3.63) is 75.3 Å². The maximum atomic E-state index is 6.50. The van der Waals surface area contributed by atoms with Gasteiger partial charge in [0, 0.05) is 10.9 Å². The number of rotatable bonds is 1. The molecular weight excluding hydrogens is 349 g/mol. The van der Waals surface area contributed by atoms with E-state index in [9.17, 15) is 0 Å². The Morgan fingerprint density at radius 3 is 2.44 bits per heavy atom. The van der Waals surface area contributed by atoms with Gasteiger partial charge in [-0.1, -0.05) is 80.4 Å². The van der Waals surface area contributed by atoms with E-state index in [1.807, 2.05) is 6.07 Å². The molecule has 0 fully saturated rings. The van der Waals surface area contributed by atoms with Gasteiger partial charge >= 0.3 is 0 Å². The first-order valence-corrected chi connectivity index (χ1v) is 9.63. The SMILES string of the molecule is CC(C)(C)c1ccc([C@@H]2Nc3c(Cl)cc(Cl)cc3[C@H]3C=CC[C@H]32)cc1. The third kappa shape index (κ3) is 2.98. The molecule has 0 bridgehead atoms. The van der Waals surface area contributed by atoms with Gasteiger partial charge in [0.1, 0.15) is 0 Å². The molecule has 1 aliphatic carbocycles. The van der Waals surface area contributed by atoms with Crippen molar-refractivity contribution in [2.24, 2.45) is 5.92 Å². The Balaban J connectivity index is 1.74. The predicted octanol–water partition coefficient (Wildman–Crippen LogP) is 7.12. The smallest absolute Gasteiger partial charge is 0.0655 e. The number of benzene rings is 2. The van der Waals surface area contributed by atoms with Gasteiger partial charge in [-0.25, -0.2) is 0 Å². The molecule has 2 aromatic carbocycles. The van der Waals surface area contributed by atoms with Crippen molar-refractivity contribution in [2.45, 2.75) is 44.6 Å². The number of anilines is 1. The highest BCUT2D eigenvalue weighted by Crippen LogP contribution is 2.52. The van der Waals surface area contributed by atoms with Gasteiger partial charge in [-0.2, -0.15) is 0 Å². The summed E-state index contributed by atoms with van der Waals surface area (Å²) in [5.41, 5.74) is 5.10. The van der Waals surface area contributed by atoms with Crippen molar-refractivity contribution < 1.29 is 0 Å². The summed E-state index contributed by atoms with van der Waals surface area (Å²) in [7, 11) is 0. The molecule has 1 heterocycles. The summed E-state index contributed by atoms with van der Waals surface area (Å²) in [4.78, 5) is 0. The molecule has 25 heavy (non-hydrogen) atoms. The number of allylic oxidation sites excluding steroid dienone is 2. The molecule has 4 rings (SSSR count). The summed E-state index contributed by atoms with van der Waals surface area (Å²) < 4.78 is 0. The summed E-state index contributed by atoms with van der Waals surface area (Å²) in [6.45, 7) is 6.74. The number of hydrogen-bond acceptors (Lipinski definition) is 1. The van der Waals surface area contributed by atoms with E-state index in [1.54, 1.807) is 0 Å². The van der Waals surface area contributed by atoms with Crippen LogP contribution in [0.2, 0.25) is 10.0 Å². The average Bonchev–Trinajstić information content (AvgIpc) is 3.03. The van der Waals surface area contributed by atoms with Crippen LogP contribution < -0.4 is 5.32 Å². The van der Waals surface area contributed by atoms with Gasteiger partial charge < -0.3 is 5.32 Å². The normalized spacial score (nSPS) is 24.6. The van der Waals surface area contributed by atoms with Crippen molar-refractivity contribution in [1.29, 1.82) is 0 Å². The molecule has 1 aliphatic heterocycles. The topological polar surface area (TPSA) is 12.0 Å². The summed E-state index contributed by atoms with van der Waals surface area (Å²) in [6, 6.07) is 13.2. The van der Waals surface area contributed by atoms with E-state index in [0.717, 1.165) is 12.1 Å². The van der Waals surface area contributed by atoms with Gasteiger partial charge in [0.05, 0.1) is 16.8 Å². The van der Waals surface area contributed by atoms with Crippen molar-refractivity contribution in [3.63, 3.8) is 0 Å². The summed E-state index contributed by atoms with van der Waals surface area (Å²) in [5, 5.41) is 5.12. The lowest BCUT2D eigenvalue weighted by Gasteiger charge is -2.38. The van der Waals surface area contributed by atoms with Gasteiger partial charge in [-0.15, -0.1) is 0 Å². The van der Waals surface area contributed by atoms with Crippen molar-refractivity contribution in [2.75, 3.05) is 5.32 Å². The standard InChI is InChI=1S/C22H23Cl2N/c1-22(2,3)14-9-7-13(8-10-14)20-17-6-4-5-16(17)18-11-15(23)12-19(24)21(18)25-20/h4-5,7-12,16-17,20,25H,6H2,1-3H3/t16-,17+,20-/m0/s1. The lowest BCUT2D eigenvalue weighted by atomic mass is 9.76. The Bertz CT molecular complexity index is 830. The largest absolute Gasteiger partial charge is 0.376 e. The van der Waals surface area contributed by atoms with Crippen LogP contribution in [-0.4, -0.2) is 0 Å². The van der Waals surface area contributed by atoms with Crippen LogP contribution >= 0.6 is 23.2 Å². The zero-order chi connectivity index (χ0) is 17.8. The van der Waals surface area contributed by atoms with Crippen LogP contribution in [0.5, 0.6) is 0 Å². The molecule has 1 N–H and O–H groups in total. The molecule has 3 atom stereocenters. The van der Waals surface area contributed by atoms with Crippen LogP contribution in [0.4, 0.5) is 5.69 Å². The minimum Gasteiger partial charge on any atom is -0.376 e. The first kappa shape index (κ1) is 17.0. The van der Waals surface area contributed by atoms with E-state index >= 15 is 0 Å². The zero-order valence-electron chi connectivity index (χ0n) is 14.8. The number of fused-ring (bicyclic) bond motifs is 3. The molecule has 1 nitrogen and oxygen atoms in total. The highest BCUT2D eigenvalue weighted by atomic mass is 35.5. The third-order valence-electron chi connectivity index (χ3n) is 5.52. The highest BCUT2D eigenvalue weighted by molar-refractivity contribution is 6.36. The fraction of sp³-hybridized carbons (Fsp3) is 0.364. The maximum Gasteiger partial charge on any atom is 0.0655 e. The minimum absolute atomic E-state index is 0.169. The Morgan fingerprint density at radius 2 is 1.76 bits per heavy atom. The Kier molecular flexibility index (Phi) is 4.13.